The average molecular weight is 294 g/mol. The number of hydrogen-bond acceptors (Lipinski definition) is 6. The van der Waals surface area contributed by atoms with Crippen LogP contribution in [0.2, 0.25) is 0 Å². The molecule has 0 bridgehead atoms. The van der Waals surface area contributed by atoms with E-state index in [1.165, 1.54) is 20.0 Å². The first-order valence-electron chi connectivity index (χ1n) is 6.47. The Morgan fingerprint density at radius 2 is 1.90 bits per heavy atom. The number of nitrogens with one attached hydrogen (secondary N) is 1. The number of aromatic nitrogens is 1. The standard InChI is InChI=1S/C14H18N2O5/c1-10(17)20-8-6-12(9-21-11(2)18)16-14(19)13-5-3-4-7-15-13/h3-5,7,12H,6,8-9H2,1-2H3,(H,16,19). The highest BCUT2D eigenvalue weighted by Crippen LogP contribution is 2.00. The minimum absolute atomic E-state index is 0.00910. The van der Waals surface area contributed by atoms with Crippen LogP contribution >= 0.6 is 0 Å². The molecule has 1 unspecified atom stereocenters. The van der Waals surface area contributed by atoms with Crippen molar-refractivity contribution in [3.8, 4) is 0 Å². The molecular formula is C14H18N2O5. The SMILES string of the molecule is CC(=O)OCCC(COC(C)=O)NC(=O)c1ccccn1. The first-order chi connectivity index (χ1) is 9.99. The van der Waals surface area contributed by atoms with Crippen LogP contribution in [-0.4, -0.2) is 42.1 Å². The van der Waals surface area contributed by atoms with Crippen LogP contribution < -0.4 is 5.32 Å². The molecule has 1 N–H and O–H groups in total. The predicted molar refractivity (Wildman–Crippen MR) is 73.4 cm³/mol. The normalized spacial score (nSPS) is 11.3. The average Bonchev–Trinajstić information content (AvgIpc) is 2.45. The Morgan fingerprint density at radius 3 is 2.48 bits per heavy atom. The van der Waals surface area contributed by atoms with Crippen LogP contribution in [0.3, 0.4) is 0 Å². The maximum absolute atomic E-state index is 12.0. The molecule has 1 aromatic rings. The molecule has 1 heterocycles. The zero-order chi connectivity index (χ0) is 15.7. The Morgan fingerprint density at radius 1 is 1.19 bits per heavy atom. The van der Waals surface area contributed by atoms with Crippen molar-refractivity contribution in [1.82, 2.24) is 10.3 Å². The fourth-order valence-corrected chi connectivity index (χ4v) is 1.52. The quantitative estimate of drug-likeness (QED) is 0.744. The minimum Gasteiger partial charge on any atom is -0.466 e. The monoisotopic (exact) mass is 294 g/mol. The van der Waals surface area contributed by atoms with Crippen molar-refractivity contribution in [2.24, 2.45) is 0 Å². The van der Waals surface area contributed by atoms with E-state index < -0.39 is 18.0 Å². The highest BCUT2D eigenvalue weighted by atomic mass is 16.5. The van der Waals surface area contributed by atoms with Gasteiger partial charge in [0, 0.05) is 26.5 Å². The van der Waals surface area contributed by atoms with E-state index in [9.17, 15) is 14.4 Å². The number of carbonyl (C=O) groups excluding carboxylic acids is 3. The zero-order valence-corrected chi connectivity index (χ0v) is 12.0. The second-order valence-corrected chi connectivity index (χ2v) is 4.32. The van der Waals surface area contributed by atoms with E-state index in [4.69, 9.17) is 9.47 Å². The van der Waals surface area contributed by atoms with Crippen molar-refractivity contribution in [3.05, 3.63) is 30.1 Å². The van der Waals surface area contributed by atoms with Crippen LogP contribution in [0.5, 0.6) is 0 Å². The third-order valence-electron chi connectivity index (χ3n) is 2.49. The van der Waals surface area contributed by atoms with Crippen LogP contribution in [0.1, 0.15) is 30.8 Å². The van der Waals surface area contributed by atoms with Crippen molar-refractivity contribution in [2.45, 2.75) is 26.3 Å². The van der Waals surface area contributed by atoms with Crippen molar-refractivity contribution in [2.75, 3.05) is 13.2 Å². The molecule has 1 amide bonds. The molecule has 0 spiro atoms. The summed E-state index contributed by atoms with van der Waals surface area (Å²) in [4.78, 5) is 37.5. The third kappa shape index (κ3) is 7.05. The number of esters is 2. The summed E-state index contributed by atoms with van der Waals surface area (Å²) in [6.07, 6.45) is 1.85. The van der Waals surface area contributed by atoms with Gasteiger partial charge in [-0.05, 0) is 12.1 Å². The molecule has 0 aliphatic rings. The number of amides is 1. The summed E-state index contributed by atoms with van der Waals surface area (Å²) >= 11 is 0. The fourth-order valence-electron chi connectivity index (χ4n) is 1.52. The Labute approximate surface area is 122 Å². The summed E-state index contributed by atoms with van der Waals surface area (Å²) in [7, 11) is 0. The lowest BCUT2D eigenvalue weighted by Crippen LogP contribution is -2.40. The zero-order valence-electron chi connectivity index (χ0n) is 12.0. The van der Waals surface area contributed by atoms with E-state index in [2.05, 4.69) is 10.3 Å². The summed E-state index contributed by atoms with van der Waals surface area (Å²) in [5, 5.41) is 2.69. The summed E-state index contributed by atoms with van der Waals surface area (Å²) in [5.74, 6) is -1.23. The summed E-state index contributed by atoms with van der Waals surface area (Å²) < 4.78 is 9.70. The Bertz CT molecular complexity index is 489. The Kier molecular flexibility index (Phi) is 6.86. The van der Waals surface area contributed by atoms with Gasteiger partial charge in [0.15, 0.2) is 0 Å². The van der Waals surface area contributed by atoms with E-state index in [-0.39, 0.29) is 24.8 Å². The molecule has 1 atom stereocenters. The molecule has 21 heavy (non-hydrogen) atoms. The first-order valence-corrected chi connectivity index (χ1v) is 6.47. The van der Waals surface area contributed by atoms with Gasteiger partial charge in [-0.15, -0.1) is 0 Å². The van der Waals surface area contributed by atoms with Gasteiger partial charge in [-0.2, -0.15) is 0 Å². The Hall–Kier alpha value is -2.44. The maximum atomic E-state index is 12.0. The van der Waals surface area contributed by atoms with Crippen LogP contribution in [-0.2, 0) is 19.1 Å². The van der Waals surface area contributed by atoms with Crippen molar-refractivity contribution in [1.29, 1.82) is 0 Å². The lowest BCUT2D eigenvalue weighted by Gasteiger charge is -2.18. The molecular weight excluding hydrogens is 276 g/mol. The van der Waals surface area contributed by atoms with Gasteiger partial charge >= 0.3 is 11.9 Å². The molecule has 0 saturated carbocycles. The van der Waals surface area contributed by atoms with Crippen molar-refractivity contribution >= 4 is 17.8 Å². The molecule has 0 aromatic carbocycles. The van der Waals surface area contributed by atoms with Crippen molar-refractivity contribution in [3.63, 3.8) is 0 Å². The van der Waals surface area contributed by atoms with Gasteiger partial charge in [0.25, 0.3) is 5.91 Å². The lowest BCUT2D eigenvalue weighted by molar-refractivity contribution is -0.144. The van der Waals surface area contributed by atoms with E-state index >= 15 is 0 Å². The molecule has 7 nitrogen and oxygen atoms in total. The van der Waals surface area contributed by atoms with Gasteiger partial charge in [-0.3, -0.25) is 19.4 Å². The fraction of sp³-hybridized carbons (Fsp3) is 0.429. The molecule has 0 fully saturated rings. The van der Waals surface area contributed by atoms with Gasteiger partial charge in [-0.1, -0.05) is 6.07 Å². The number of ether oxygens (including phenoxy) is 2. The summed E-state index contributed by atoms with van der Waals surface area (Å²) in [6.45, 7) is 2.72. The van der Waals surface area contributed by atoms with E-state index in [0.29, 0.717) is 6.42 Å². The molecule has 0 aliphatic heterocycles. The maximum Gasteiger partial charge on any atom is 0.302 e. The van der Waals surface area contributed by atoms with Gasteiger partial charge in [0.1, 0.15) is 12.3 Å². The van der Waals surface area contributed by atoms with E-state index in [1.807, 2.05) is 0 Å². The van der Waals surface area contributed by atoms with Gasteiger partial charge < -0.3 is 14.8 Å². The highest BCUT2D eigenvalue weighted by Gasteiger charge is 2.16. The highest BCUT2D eigenvalue weighted by molar-refractivity contribution is 5.92. The molecule has 1 aromatic heterocycles. The number of pyridine rings is 1. The van der Waals surface area contributed by atoms with E-state index in [0.717, 1.165) is 0 Å². The smallest absolute Gasteiger partial charge is 0.302 e. The molecule has 0 saturated heterocycles. The molecule has 114 valence electrons. The molecule has 1 rings (SSSR count). The van der Waals surface area contributed by atoms with Crippen LogP contribution in [0.25, 0.3) is 0 Å². The number of carbonyl (C=O) groups is 3. The van der Waals surface area contributed by atoms with Gasteiger partial charge in [0.05, 0.1) is 12.6 Å². The summed E-state index contributed by atoms with van der Waals surface area (Å²) in [6, 6.07) is 4.52. The number of rotatable bonds is 7. The van der Waals surface area contributed by atoms with Crippen LogP contribution in [0.15, 0.2) is 24.4 Å². The summed E-state index contributed by atoms with van der Waals surface area (Å²) in [5.41, 5.74) is 0.262. The Balaban J connectivity index is 2.56. The molecule has 0 aliphatic carbocycles. The third-order valence-corrected chi connectivity index (χ3v) is 2.49. The second-order valence-electron chi connectivity index (χ2n) is 4.32. The van der Waals surface area contributed by atoms with Crippen LogP contribution in [0.4, 0.5) is 0 Å². The number of hydrogen-bond donors (Lipinski definition) is 1. The lowest BCUT2D eigenvalue weighted by atomic mass is 10.2. The molecule has 0 radical (unpaired) electrons. The van der Waals surface area contributed by atoms with Crippen LogP contribution in [0, 0.1) is 0 Å². The molecule has 7 heteroatoms. The predicted octanol–water partition coefficient (Wildman–Crippen LogP) is 0.696. The first kappa shape index (κ1) is 16.6. The second kappa shape index (κ2) is 8.68. The van der Waals surface area contributed by atoms with E-state index in [1.54, 1.807) is 18.2 Å². The van der Waals surface area contributed by atoms with Gasteiger partial charge in [0.2, 0.25) is 0 Å². The van der Waals surface area contributed by atoms with Gasteiger partial charge in [-0.25, -0.2) is 0 Å². The largest absolute Gasteiger partial charge is 0.466 e. The number of nitrogens with zero attached hydrogens (tertiary/aromatic N) is 1. The van der Waals surface area contributed by atoms with Crippen molar-refractivity contribution < 1.29 is 23.9 Å². The topological polar surface area (TPSA) is 94.6 Å². The minimum atomic E-state index is -0.456.